The van der Waals surface area contributed by atoms with E-state index in [1.54, 1.807) is 4.68 Å². The van der Waals surface area contributed by atoms with Gasteiger partial charge in [0.05, 0.1) is 25.0 Å². The van der Waals surface area contributed by atoms with Crippen LogP contribution in [0.15, 0.2) is 36.4 Å². The van der Waals surface area contributed by atoms with Gasteiger partial charge in [-0.15, -0.1) is 10.2 Å². The summed E-state index contributed by atoms with van der Waals surface area (Å²) < 4.78 is 13.1. The molecule has 1 aromatic carbocycles. The van der Waals surface area contributed by atoms with Crippen LogP contribution >= 0.6 is 0 Å². The Kier molecular flexibility index (Phi) is 5.72. The number of anilines is 2. The lowest BCUT2D eigenvalue weighted by Crippen LogP contribution is -2.36. The number of aromatic nitrogens is 4. The van der Waals surface area contributed by atoms with Gasteiger partial charge in [0.25, 0.3) is 0 Å². The van der Waals surface area contributed by atoms with Crippen LogP contribution in [0.3, 0.4) is 0 Å². The van der Waals surface area contributed by atoms with Crippen molar-refractivity contribution in [2.75, 3.05) is 36.5 Å². The summed E-state index contributed by atoms with van der Waals surface area (Å²) in [7, 11) is 0. The molecule has 2 aliphatic rings. The fourth-order valence-corrected chi connectivity index (χ4v) is 4.50. The lowest BCUT2D eigenvalue weighted by molar-refractivity contribution is -0.116. The zero-order valence-corrected chi connectivity index (χ0v) is 19.1. The zero-order valence-electron chi connectivity index (χ0n) is 19.1. The molecule has 4 heterocycles. The normalized spacial score (nSPS) is 18.2. The highest BCUT2D eigenvalue weighted by Gasteiger charge is 2.34. The van der Waals surface area contributed by atoms with Crippen molar-refractivity contribution >= 4 is 17.5 Å². The SMILES string of the molecule is Cc1nn(-c2ccc(N3CCOCC3)nn2)c2c1[C@@H](c1ccccc1OC(C)C)CC(=O)N2. The molecule has 33 heavy (non-hydrogen) atoms. The maximum absolute atomic E-state index is 12.7. The third kappa shape index (κ3) is 4.16. The van der Waals surface area contributed by atoms with Crippen molar-refractivity contribution in [2.24, 2.45) is 0 Å². The Morgan fingerprint density at radius 1 is 1.09 bits per heavy atom. The molecule has 0 spiro atoms. The molecule has 1 N–H and O–H groups in total. The number of morpholine rings is 1. The second-order valence-electron chi connectivity index (χ2n) is 8.62. The topological polar surface area (TPSA) is 94.4 Å². The maximum atomic E-state index is 12.7. The fourth-order valence-electron chi connectivity index (χ4n) is 4.50. The minimum absolute atomic E-state index is 0.0344. The molecule has 1 amide bonds. The highest BCUT2D eigenvalue weighted by molar-refractivity contribution is 5.95. The molecule has 5 rings (SSSR count). The summed E-state index contributed by atoms with van der Waals surface area (Å²) >= 11 is 0. The van der Waals surface area contributed by atoms with E-state index >= 15 is 0 Å². The monoisotopic (exact) mass is 448 g/mol. The van der Waals surface area contributed by atoms with E-state index in [-0.39, 0.29) is 17.9 Å². The number of hydrogen-bond acceptors (Lipinski definition) is 7. The summed E-state index contributed by atoms with van der Waals surface area (Å²) in [4.78, 5) is 14.9. The largest absolute Gasteiger partial charge is 0.491 e. The second-order valence-corrected chi connectivity index (χ2v) is 8.62. The number of rotatable bonds is 5. The Morgan fingerprint density at radius 3 is 2.55 bits per heavy atom. The Bertz CT molecular complexity index is 1150. The molecule has 172 valence electrons. The summed E-state index contributed by atoms with van der Waals surface area (Å²) in [6, 6.07) is 11.7. The number of carbonyl (C=O) groups excluding carboxylic acids is 1. The molecule has 1 saturated heterocycles. The van der Waals surface area contributed by atoms with Crippen LogP contribution in [0.25, 0.3) is 5.82 Å². The van der Waals surface area contributed by atoms with Crippen molar-refractivity contribution in [3.05, 3.63) is 53.2 Å². The smallest absolute Gasteiger partial charge is 0.226 e. The van der Waals surface area contributed by atoms with Crippen LogP contribution < -0.4 is 15.0 Å². The van der Waals surface area contributed by atoms with Crippen LogP contribution in [0.4, 0.5) is 11.6 Å². The average molecular weight is 449 g/mol. The molecule has 0 radical (unpaired) electrons. The van der Waals surface area contributed by atoms with Gasteiger partial charge in [0.1, 0.15) is 11.6 Å². The van der Waals surface area contributed by atoms with Gasteiger partial charge in [-0.2, -0.15) is 9.78 Å². The Balaban J connectivity index is 1.52. The quantitative estimate of drug-likeness (QED) is 0.641. The maximum Gasteiger partial charge on any atom is 0.226 e. The second kappa shape index (κ2) is 8.82. The number of nitrogens with one attached hydrogen (secondary N) is 1. The summed E-state index contributed by atoms with van der Waals surface area (Å²) in [6.07, 6.45) is 0.367. The van der Waals surface area contributed by atoms with Crippen molar-refractivity contribution in [3.8, 4) is 11.6 Å². The summed E-state index contributed by atoms with van der Waals surface area (Å²) in [5.41, 5.74) is 2.81. The predicted molar refractivity (Wildman–Crippen MR) is 124 cm³/mol. The number of hydrogen-bond donors (Lipinski definition) is 1. The highest BCUT2D eigenvalue weighted by Crippen LogP contribution is 2.43. The molecule has 2 aromatic heterocycles. The van der Waals surface area contributed by atoms with Crippen molar-refractivity contribution in [1.82, 2.24) is 20.0 Å². The minimum atomic E-state index is -0.155. The first-order chi connectivity index (χ1) is 16.0. The van der Waals surface area contributed by atoms with Crippen LogP contribution in [-0.2, 0) is 9.53 Å². The molecule has 0 unspecified atom stereocenters. The number of aryl methyl sites for hydroxylation is 1. The molecule has 0 saturated carbocycles. The van der Waals surface area contributed by atoms with Crippen molar-refractivity contribution in [3.63, 3.8) is 0 Å². The van der Waals surface area contributed by atoms with E-state index in [9.17, 15) is 4.79 Å². The van der Waals surface area contributed by atoms with Crippen LogP contribution in [0, 0.1) is 6.92 Å². The molecule has 0 bridgehead atoms. The van der Waals surface area contributed by atoms with E-state index in [2.05, 4.69) is 20.4 Å². The molecule has 0 aliphatic carbocycles. The first-order valence-electron chi connectivity index (χ1n) is 11.3. The van der Waals surface area contributed by atoms with Gasteiger partial charge in [0.2, 0.25) is 5.91 Å². The molecule has 9 nitrogen and oxygen atoms in total. The van der Waals surface area contributed by atoms with E-state index < -0.39 is 0 Å². The standard InChI is InChI=1S/C24H28N6O3/c1-15(2)33-19-7-5-4-6-17(19)18-14-22(31)25-24-23(18)16(3)28-30(24)21-9-8-20(26-27-21)29-10-12-32-13-11-29/h4-9,15,18H,10-14H2,1-3H3,(H,25,31)/t18-/m1/s1. The lowest BCUT2D eigenvalue weighted by Gasteiger charge is -2.27. The van der Waals surface area contributed by atoms with Gasteiger partial charge in [-0.1, -0.05) is 18.2 Å². The number of nitrogens with zero attached hydrogens (tertiary/aromatic N) is 5. The van der Waals surface area contributed by atoms with Crippen molar-refractivity contribution in [1.29, 1.82) is 0 Å². The van der Waals surface area contributed by atoms with E-state index in [0.29, 0.717) is 31.3 Å². The number of ether oxygens (including phenoxy) is 2. The van der Waals surface area contributed by atoms with E-state index in [4.69, 9.17) is 14.6 Å². The molecule has 1 atom stereocenters. The summed E-state index contributed by atoms with van der Waals surface area (Å²) in [5, 5.41) is 16.6. The molecule has 9 heteroatoms. The molecule has 1 fully saturated rings. The number of benzene rings is 1. The molecule has 3 aromatic rings. The van der Waals surface area contributed by atoms with E-state index in [1.165, 1.54) is 0 Å². The lowest BCUT2D eigenvalue weighted by atomic mass is 9.85. The predicted octanol–water partition coefficient (Wildman–Crippen LogP) is 3.07. The first kappa shape index (κ1) is 21.4. The van der Waals surface area contributed by atoms with Gasteiger partial charge in [-0.25, -0.2) is 0 Å². The average Bonchev–Trinajstić information content (AvgIpc) is 3.15. The number of carbonyl (C=O) groups is 1. The number of para-hydroxylation sites is 1. The molecular formula is C24H28N6O3. The molecule has 2 aliphatic heterocycles. The van der Waals surface area contributed by atoms with Gasteiger partial charge < -0.3 is 19.7 Å². The Labute approximate surface area is 192 Å². The Hall–Kier alpha value is -3.46. The molecular weight excluding hydrogens is 420 g/mol. The van der Waals surface area contributed by atoms with Crippen LogP contribution in [0.2, 0.25) is 0 Å². The van der Waals surface area contributed by atoms with Gasteiger partial charge in [0.15, 0.2) is 11.6 Å². The van der Waals surface area contributed by atoms with E-state index in [1.807, 2.05) is 57.2 Å². The van der Waals surface area contributed by atoms with Crippen LogP contribution in [-0.4, -0.2) is 58.3 Å². The number of fused-ring (bicyclic) bond motifs is 1. The van der Waals surface area contributed by atoms with Gasteiger partial charge in [-0.05, 0) is 39.0 Å². The van der Waals surface area contributed by atoms with Crippen LogP contribution in [0.5, 0.6) is 5.75 Å². The third-order valence-electron chi connectivity index (χ3n) is 5.95. The van der Waals surface area contributed by atoms with Crippen molar-refractivity contribution < 1.29 is 14.3 Å². The number of amides is 1. The van der Waals surface area contributed by atoms with E-state index in [0.717, 1.165) is 41.5 Å². The summed E-state index contributed by atoms with van der Waals surface area (Å²) in [5.74, 6) is 2.58. The highest BCUT2D eigenvalue weighted by atomic mass is 16.5. The van der Waals surface area contributed by atoms with Crippen LogP contribution in [0.1, 0.15) is 43.0 Å². The fraction of sp³-hybridized carbons (Fsp3) is 0.417. The van der Waals surface area contributed by atoms with Crippen molar-refractivity contribution in [2.45, 2.75) is 39.2 Å². The van der Waals surface area contributed by atoms with Gasteiger partial charge >= 0.3 is 0 Å². The van der Waals surface area contributed by atoms with Gasteiger partial charge in [-0.3, -0.25) is 4.79 Å². The first-order valence-corrected chi connectivity index (χ1v) is 11.3. The third-order valence-corrected chi connectivity index (χ3v) is 5.95. The minimum Gasteiger partial charge on any atom is -0.491 e. The Morgan fingerprint density at radius 2 is 1.82 bits per heavy atom. The van der Waals surface area contributed by atoms with Gasteiger partial charge in [0, 0.05) is 36.6 Å². The zero-order chi connectivity index (χ0) is 22.9. The summed E-state index contributed by atoms with van der Waals surface area (Å²) in [6.45, 7) is 8.91.